The summed E-state index contributed by atoms with van der Waals surface area (Å²) in [7, 11) is -3.64. The summed E-state index contributed by atoms with van der Waals surface area (Å²) in [4.78, 5) is 51.1. The molecule has 6 aromatic carbocycles. The van der Waals surface area contributed by atoms with Gasteiger partial charge in [0.05, 0.1) is 175 Å². The SMILES string of the molecule is COc1cc(Nc2cc(NCc3cccc(S(=O)(=O)F)c3)ccc2Cl)cc2cc(OCC(=O)NCCOCCOCCOCCOCCOCCOCCOCCOCCOCCNC(=O)COc3cc4cc(Nc5cc(NCc6cccc(S(=O)(=O)F)c6)ccc5Cl)cc(OC)c4n(C)c3=O)c(=O)n(C)c12. The molecule has 8 rings (SSSR count). The number of nitrogens with zero attached hydrogens (tertiary/aromatic N) is 2. The molecule has 8 aromatic rings. The highest BCUT2D eigenvalue weighted by molar-refractivity contribution is 7.86. The van der Waals surface area contributed by atoms with Crippen molar-refractivity contribution < 1.29 is 95.8 Å². The molecule has 35 heteroatoms. The Kier molecular flexibility index (Phi) is 33.8. The van der Waals surface area contributed by atoms with Gasteiger partial charge in [0, 0.05) is 85.9 Å². The Balaban J connectivity index is 0.569. The van der Waals surface area contributed by atoms with E-state index in [0.717, 1.165) is 0 Å². The number of pyridine rings is 2. The number of nitrogens with one attached hydrogen (secondary N) is 6. The molecule has 107 heavy (non-hydrogen) atoms. The van der Waals surface area contributed by atoms with Crippen molar-refractivity contribution in [3.05, 3.63) is 163 Å². The van der Waals surface area contributed by atoms with Gasteiger partial charge in [-0.25, -0.2) is 0 Å². The smallest absolute Gasteiger partial charge is 0.332 e. The van der Waals surface area contributed by atoms with Crippen LogP contribution in [0.1, 0.15) is 11.1 Å². The highest BCUT2D eigenvalue weighted by Crippen LogP contribution is 2.37. The van der Waals surface area contributed by atoms with Crippen molar-refractivity contribution >= 4 is 111 Å². The van der Waals surface area contributed by atoms with Crippen molar-refractivity contribution in [3.63, 3.8) is 0 Å². The standard InChI is InChI=1S/C72H86Cl2F2N8O21S2/c1-83-69-51(37-55(43-63(69)93-3)81-61-41-53(11-13-59(61)73)79-45-49-7-5-9-57(35-49)106(75,89)90)39-65(71(83)87)104-47-67(85)77-15-17-95-19-21-97-23-25-99-27-29-101-31-33-103-34-32-102-30-28-100-26-24-98-22-20-96-18-16-78-68(86)48-105-66-40-52-38-56(44-64(94-4)70(52)84(2)72(66)88)82-62-42-54(12-14-60(62)74)80-46-50-8-6-10-58(36-50)107(76,91)92/h5-14,35-44,79-82H,15-34,45-48H2,1-4H3,(H,77,85)(H,78,86). The number of carbonyl (C=O) groups excluding carboxylic acids is 2. The lowest BCUT2D eigenvalue weighted by Crippen LogP contribution is -2.33. The minimum absolute atomic E-state index is 0.0595. The first-order valence-corrected chi connectivity index (χ1v) is 37.2. The lowest BCUT2D eigenvalue weighted by atomic mass is 10.1. The molecule has 6 N–H and O–H groups in total. The summed E-state index contributed by atoms with van der Waals surface area (Å²) in [6, 6.07) is 31.4. The molecule has 0 unspecified atom stereocenters. The molecular weight excluding hydrogens is 1490 g/mol. The Morgan fingerprint density at radius 1 is 0.411 bits per heavy atom. The van der Waals surface area contributed by atoms with Gasteiger partial charge in [0.2, 0.25) is 0 Å². The van der Waals surface area contributed by atoms with E-state index in [2.05, 4.69) is 31.9 Å². The highest BCUT2D eigenvalue weighted by Gasteiger charge is 2.20. The van der Waals surface area contributed by atoms with Gasteiger partial charge in [-0.1, -0.05) is 47.5 Å². The van der Waals surface area contributed by atoms with Gasteiger partial charge in [0.25, 0.3) is 22.9 Å². The Morgan fingerprint density at radius 2 is 0.738 bits per heavy atom. The summed E-state index contributed by atoms with van der Waals surface area (Å²) in [6.45, 7) is 6.19. The molecule has 0 aliphatic rings. The van der Waals surface area contributed by atoms with E-state index in [1.54, 1.807) is 86.9 Å². The van der Waals surface area contributed by atoms with Gasteiger partial charge in [-0.15, -0.1) is 7.77 Å². The fourth-order valence-corrected chi connectivity index (χ4v) is 11.8. The average molecular weight is 1570 g/mol. The third-order valence-corrected chi connectivity index (χ3v) is 17.9. The number of aryl methyl sites for hydroxylation is 2. The number of anilines is 6. The van der Waals surface area contributed by atoms with E-state index >= 15 is 0 Å². The monoisotopic (exact) mass is 1570 g/mol. The van der Waals surface area contributed by atoms with Crippen LogP contribution in [0.4, 0.5) is 41.9 Å². The molecule has 29 nitrogen and oxygen atoms in total. The van der Waals surface area contributed by atoms with Crippen LogP contribution >= 0.6 is 23.2 Å². The van der Waals surface area contributed by atoms with Gasteiger partial charge in [0.1, 0.15) is 11.5 Å². The van der Waals surface area contributed by atoms with Crippen LogP contribution in [0.3, 0.4) is 0 Å². The molecule has 580 valence electrons. The highest BCUT2D eigenvalue weighted by atomic mass is 35.5. The van der Waals surface area contributed by atoms with Crippen molar-refractivity contribution in [2.24, 2.45) is 14.1 Å². The number of hydrogen-bond acceptors (Lipinski definition) is 25. The predicted octanol–water partition coefficient (Wildman–Crippen LogP) is 8.58. The second-order valence-corrected chi connectivity index (χ2v) is 26.8. The topological polar surface area (TPSA) is 339 Å². The summed E-state index contributed by atoms with van der Waals surface area (Å²) in [6.07, 6.45) is 0. The molecule has 0 atom stereocenters. The van der Waals surface area contributed by atoms with Crippen molar-refractivity contribution in [2.45, 2.75) is 22.9 Å². The number of amides is 2. The molecule has 0 saturated heterocycles. The largest absolute Gasteiger partial charge is 0.494 e. The molecule has 0 bridgehead atoms. The quantitative estimate of drug-likeness (QED) is 0.0153. The van der Waals surface area contributed by atoms with E-state index in [0.29, 0.717) is 194 Å². The fourth-order valence-electron chi connectivity index (χ4n) is 10.4. The van der Waals surface area contributed by atoms with E-state index < -0.39 is 66.4 Å². The molecule has 0 aliphatic heterocycles. The zero-order valence-corrected chi connectivity index (χ0v) is 62.5. The van der Waals surface area contributed by atoms with E-state index in [9.17, 15) is 43.8 Å². The maximum Gasteiger partial charge on any atom is 0.332 e. The molecular formula is C72H86Cl2F2N8O21S2. The Labute approximate surface area is 627 Å². The fraction of sp³-hybridized carbons (Fsp3) is 0.389. The lowest BCUT2D eigenvalue weighted by Gasteiger charge is -2.16. The predicted molar refractivity (Wildman–Crippen MR) is 399 cm³/mol. The van der Waals surface area contributed by atoms with Crippen molar-refractivity contribution in [1.82, 2.24) is 19.8 Å². The Bertz CT molecular complexity index is 4340. The third-order valence-electron chi connectivity index (χ3n) is 15.6. The zero-order chi connectivity index (χ0) is 76.6. The molecule has 2 amide bonds. The number of hydrogen-bond donors (Lipinski definition) is 6. The van der Waals surface area contributed by atoms with E-state index in [4.69, 9.17) is 84.8 Å². The number of benzene rings is 6. The normalized spacial score (nSPS) is 11.6. The maximum absolute atomic E-state index is 13.6. The molecule has 0 fully saturated rings. The maximum atomic E-state index is 13.6. The van der Waals surface area contributed by atoms with Crippen LogP contribution in [-0.4, -0.2) is 197 Å². The van der Waals surface area contributed by atoms with Crippen LogP contribution in [0.5, 0.6) is 23.0 Å². The molecule has 0 saturated carbocycles. The lowest BCUT2D eigenvalue weighted by molar-refractivity contribution is -0.124. The third kappa shape index (κ3) is 27.4. The minimum atomic E-state index is -4.86. The van der Waals surface area contributed by atoms with Gasteiger partial charge >= 0.3 is 20.4 Å². The molecule has 2 heterocycles. The Morgan fingerprint density at radius 3 is 1.06 bits per heavy atom. The van der Waals surface area contributed by atoms with Crippen LogP contribution < -0.4 is 62.0 Å². The second kappa shape index (κ2) is 43.2. The van der Waals surface area contributed by atoms with Crippen LogP contribution in [0.25, 0.3) is 21.8 Å². The van der Waals surface area contributed by atoms with Gasteiger partial charge in [0.15, 0.2) is 24.7 Å². The first-order valence-electron chi connectivity index (χ1n) is 33.7. The van der Waals surface area contributed by atoms with Crippen LogP contribution in [0, 0.1) is 0 Å². The van der Waals surface area contributed by atoms with Gasteiger partial charge in [-0.05, 0) is 96.1 Å². The van der Waals surface area contributed by atoms with E-state index in [1.807, 2.05) is 0 Å². The molecule has 0 spiro atoms. The second-order valence-electron chi connectivity index (χ2n) is 23.3. The molecule has 2 aromatic heterocycles. The number of halogens is 4. The number of fused-ring (bicyclic) bond motifs is 2. The summed E-state index contributed by atoms with van der Waals surface area (Å²) in [5, 5.41) is 20.2. The van der Waals surface area contributed by atoms with Crippen molar-refractivity contribution in [3.8, 4) is 23.0 Å². The summed E-state index contributed by atoms with van der Waals surface area (Å²) in [5.41, 5.74) is 4.48. The van der Waals surface area contributed by atoms with Crippen LogP contribution in [0.15, 0.2) is 141 Å². The van der Waals surface area contributed by atoms with Gasteiger partial charge in [-0.2, -0.15) is 16.8 Å². The molecule has 0 radical (unpaired) electrons. The van der Waals surface area contributed by atoms with Crippen molar-refractivity contribution in [2.75, 3.05) is 181 Å². The Hall–Kier alpha value is -8.94. The number of carbonyl (C=O) groups is 2. The first kappa shape index (κ1) is 83.7. The first-order chi connectivity index (χ1) is 51.6. The van der Waals surface area contributed by atoms with E-state index in [1.165, 1.54) is 71.9 Å². The van der Waals surface area contributed by atoms with Gasteiger partial charge in [-0.3, -0.25) is 19.2 Å². The average Bonchev–Trinajstić information content (AvgIpc) is 0.777. The molecule has 0 aliphatic carbocycles. The zero-order valence-electron chi connectivity index (χ0n) is 59.3. The summed E-state index contributed by atoms with van der Waals surface area (Å²) < 4.78 is 148. The minimum Gasteiger partial charge on any atom is -0.494 e. The number of ether oxygens (including phenoxy) is 13. The summed E-state index contributed by atoms with van der Waals surface area (Å²) >= 11 is 13.1. The van der Waals surface area contributed by atoms with E-state index in [-0.39, 0.29) is 50.9 Å². The number of aromatic nitrogens is 2. The number of rotatable bonds is 50. The van der Waals surface area contributed by atoms with Crippen LogP contribution in [-0.2, 0) is 99.9 Å². The van der Waals surface area contributed by atoms with Crippen molar-refractivity contribution in [1.29, 1.82) is 0 Å². The van der Waals surface area contributed by atoms with Gasteiger partial charge < -0.3 is 103 Å². The van der Waals surface area contributed by atoms with Crippen LogP contribution in [0.2, 0.25) is 10.0 Å². The number of methoxy groups -OCH3 is 2. The summed E-state index contributed by atoms with van der Waals surface area (Å²) in [5.74, 6) is -0.286.